The summed E-state index contributed by atoms with van der Waals surface area (Å²) in [5.41, 5.74) is 0.759. The molecule has 4 nitrogen and oxygen atoms in total. The monoisotopic (exact) mass is 273 g/mol. The van der Waals surface area contributed by atoms with Crippen molar-refractivity contribution in [3.63, 3.8) is 0 Å². The summed E-state index contributed by atoms with van der Waals surface area (Å²) in [5, 5.41) is 28.4. The van der Waals surface area contributed by atoms with Crippen LogP contribution in [0, 0.1) is 0 Å². The van der Waals surface area contributed by atoms with Gasteiger partial charge in [0.25, 0.3) is 0 Å². The molecule has 1 unspecified atom stereocenters. The van der Waals surface area contributed by atoms with E-state index in [9.17, 15) is 5.11 Å². The summed E-state index contributed by atoms with van der Waals surface area (Å²) in [6, 6.07) is 7.11. The van der Waals surface area contributed by atoms with Gasteiger partial charge in [0.05, 0.1) is 12.7 Å². The molecule has 0 bridgehead atoms. The van der Waals surface area contributed by atoms with Crippen molar-refractivity contribution in [1.29, 1.82) is 0 Å². The Labute approximate surface area is 112 Å². The highest BCUT2D eigenvalue weighted by molar-refractivity contribution is 6.30. The van der Waals surface area contributed by atoms with Crippen LogP contribution in [0.15, 0.2) is 24.3 Å². The Hall–Kier alpha value is -0.650. The molecule has 18 heavy (non-hydrogen) atoms. The number of hydrogen-bond donors (Lipinski definition) is 3. The van der Waals surface area contributed by atoms with E-state index in [-0.39, 0.29) is 13.2 Å². The highest BCUT2D eigenvalue weighted by Gasteiger charge is 2.13. The van der Waals surface area contributed by atoms with Gasteiger partial charge in [-0.25, -0.2) is 0 Å². The molecule has 0 radical (unpaired) electrons. The first kappa shape index (κ1) is 15.4. The van der Waals surface area contributed by atoms with Crippen LogP contribution in [0.2, 0.25) is 5.02 Å². The Morgan fingerprint density at radius 3 is 2.56 bits per heavy atom. The van der Waals surface area contributed by atoms with E-state index in [1.54, 1.807) is 18.2 Å². The third-order valence-corrected chi connectivity index (χ3v) is 2.95. The van der Waals surface area contributed by atoms with E-state index < -0.39 is 6.10 Å². The van der Waals surface area contributed by atoms with Gasteiger partial charge in [0.15, 0.2) is 0 Å². The van der Waals surface area contributed by atoms with Crippen LogP contribution in [0.1, 0.15) is 18.1 Å². The van der Waals surface area contributed by atoms with E-state index >= 15 is 0 Å². The molecule has 0 aliphatic rings. The van der Waals surface area contributed by atoms with Crippen molar-refractivity contribution in [2.24, 2.45) is 0 Å². The Balaban J connectivity index is 2.56. The number of halogens is 1. The number of nitrogens with zero attached hydrogens (tertiary/aromatic N) is 1. The standard InChI is InChI=1S/C13H20ClNO3/c14-12-4-1-3-11(9-12)13(18)10-15(6-8-17)5-2-7-16/h1,3-4,9,13,16-18H,2,5-8,10H2. The number of rotatable bonds is 8. The molecule has 0 aliphatic heterocycles. The second kappa shape index (κ2) is 8.45. The summed E-state index contributed by atoms with van der Waals surface area (Å²) >= 11 is 5.87. The van der Waals surface area contributed by atoms with Crippen molar-refractivity contribution in [3.05, 3.63) is 34.9 Å². The summed E-state index contributed by atoms with van der Waals surface area (Å²) in [6.45, 7) is 1.69. The van der Waals surface area contributed by atoms with Crippen LogP contribution in [-0.2, 0) is 0 Å². The molecule has 1 atom stereocenters. The molecule has 0 saturated heterocycles. The van der Waals surface area contributed by atoms with Crippen LogP contribution in [-0.4, -0.2) is 53.1 Å². The molecule has 0 saturated carbocycles. The molecule has 5 heteroatoms. The zero-order valence-electron chi connectivity index (χ0n) is 10.3. The molecular weight excluding hydrogens is 254 g/mol. The van der Waals surface area contributed by atoms with Gasteiger partial charge in [-0.15, -0.1) is 0 Å². The molecule has 0 spiro atoms. The Morgan fingerprint density at radius 2 is 1.94 bits per heavy atom. The van der Waals surface area contributed by atoms with Crippen molar-refractivity contribution in [2.45, 2.75) is 12.5 Å². The van der Waals surface area contributed by atoms with Gasteiger partial charge in [-0.1, -0.05) is 23.7 Å². The fourth-order valence-electron chi connectivity index (χ4n) is 1.79. The third kappa shape index (κ3) is 5.33. The van der Waals surface area contributed by atoms with Crippen molar-refractivity contribution in [2.75, 3.05) is 32.8 Å². The van der Waals surface area contributed by atoms with Crippen LogP contribution < -0.4 is 0 Å². The van der Waals surface area contributed by atoms with Crippen LogP contribution in [0.5, 0.6) is 0 Å². The molecule has 1 aromatic rings. The van der Waals surface area contributed by atoms with Gasteiger partial charge in [-0.05, 0) is 24.1 Å². The Bertz CT molecular complexity index is 349. The molecular formula is C13H20ClNO3. The molecule has 1 aromatic carbocycles. The van der Waals surface area contributed by atoms with E-state index in [1.165, 1.54) is 0 Å². The zero-order valence-corrected chi connectivity index (χ0v) is 11.1. The minimum absolute atomic E-state index is 0.0354. The summed E-state index contributed by atoms with van der Waals surface area (Å²) in [6.07, 6.45) is -0.0172. The molecule has 0 amide bonds. The fraction of sp³-hybridized carbons (Fsp3) is 0.538. The third-order valence-electron chi connectivity index (χ3n) is 2.71. The zero-order chi connectivity index (χ0) is 13.4. The molecule has 0 heterocycles. The maximum absolute atomic E-state index is 10.1. The largest absolute Gasteiger partial charge is 0.396 e. The Morgan fingerprint density at radius 1 is 1.17 bits per heavy atom. The normalized spacial score (nSPS) is 12.9. The summed E-state index contributed by atoms with van der Waals surface area (Å²) in [7, 11) is 0. The predicted octanol–water partition coefficient (Wildman–Crippen LogP) is 1.05. The van der Waals surface area contributed by atoms with Crippen molar-refractivity contribution < 1.29 is 15.3 Å². The number of aliphatic hydroxyl groups is 3. The van der Waals surface area contributed by atoms with Crippen molar-refractivity contribution in [3.8, 4) is 0 Å². The molecule has 1 rings (SSSR count). The maximum atomic E-state index is 10.1. The average Bonchev–Trinajstić information content (AvgIpc) is 2.36. The highest BCUT2D eigenvalue weighted by atomic mass is 35.5. The number of aliphatic hydroxyl groups excluding tert-OH is 3. The van der Waals surface area contributed by atoms with Crippen LogP contribution in [0.3, 0.4) is 0 Å². The lowest BCUT2D eigenvalue weighted by molar-refractivity contribution is 0.0950. The molecule has 3 N–H and O–H groups in total. The van der Waals surface area contributed by atoms with Gasteiger partial charge in [-0.2, -0.15) is 0 Å². The van der Waals surface area contributed by atoms with Gasteiger partial charge < -0.3 is 15.3 Å². The van der Waals surface area contributed by atoms with Gasteiger partial charge in [-0.3, -0.25) is 4.90 Å². The quantitative estimate of drug-likeness (QED) is 0.663. The predicted molar refractivity (Wildman–Crippen MR) is 71.6 cm³/mol. The number of hydrogen-bond acceptors (Lipinski definition) is 4. The lowest BCUT2D eigenvalue weighted by Crippen LogP contribution is -2.32. The minimum atomic E-state index is -0.644. The van der Waals surface area contributed by atoms with Gasteiger partial charge in [0, 0.05) is 31.3 Å². The van der Waals surface area contributed by atoms with E-state index in [0.717, 1.165) is 5.56 Å². The summed E-state index contributed by atoms with van der Waals surface area (Å²) in [4.78, 5) is 1.92. The summed E-state index contributed by atoms with van der Waals surface area (Å²) in [5.74, 6) is 0. The lowest BCUT2D eigenvalue weighted by atomic mass is 10.1. The van der Waals surface area contributed by atoms with Crippen LogP contribution >= 0.6 is 11.6 Å². The lowest BCUT2D eigenvalue weighted by Gasteiger charge is -2.24. The van der Waals surface area contributed by atoms with E-state index in [2.05, 4.69) is 0 Å². The first-order valence-electron chi connectivity index (χ1n) is 6.05. The van der Waals surface area contributed by atoms with Crippen LogP contribution in [0.4, 0.5) is 0 Å². The maximum Gasteiger partial charge on any atom is 0.0917 e. The highest BCUT2D eigenvalue weighted by Crippen LogP contribution is 2.18. The SMILES string of the molecule is OCCCN(CCO)CC(O)c1cccc(Cl)c1. The van der Waals surface area contributed by atoms with Crippen molar-refractivity contribution in [1.82, 2.24) is 4.90 Å². The second-order valence-electron chi connectivity index (χ2n) is 4.17. The van der Waals surface area contributed by atoms with Crippen LogP contribution in [0.25, 0.3) is 0 Å². The van der Waals surface area contributed by atoms with Gasteiger partial charge in [0.2, 0.25) is 0 Å². The average molecular weight is 274 g/mol. The van der Waals surface area contributed by atoms with E-state index in [0.29, 0.717) is 31.1 Å². The van der Waals surface area contributed by atoms with E-state index in [1.807, 2.05) is 11.0 Å². The van der Waals surface area contributed by atoms with Gasteiger partial charge in [0.1, 0.15) is 0 Å². The van der Waals surface area contributed by atoms with E-state index in [4.69, 9.17) is 21.8 Å². The fourth-order valence-corrected chi connectivity index (χ4v) is 1.99. The summed E-state index contributed by atoms with van der Waals surface area (Å²) < 4.78 is 0. The number of benzene rings is 1. The molecule has 0 fully saturated rings. The smallest absolute Gasteiger partial charge is 0.0917 e. The second-order valence-corrected chi connectivity index (χ2v) is 4.61. The first-order valence-corrected chi connectivity index (χ1v) is 6.42. The van der Waals surface area contributed by atoms with Gasteiger partial charge >= 0.3 is 0 Å². The first-order chi connectivity index (χ1) is 8.67. The topological polar surface area (TPSA) is 63.9 Å². The molecule has 0 aromatic heterocycles. The van der Waals surface area contributed by atoms with Crippen molar-refractivity contribution >= 4 is 11.6 Å². The molecule has 102 valence electrons. The minimum Gasteiger partial charge on any atom is -0.396 e. The Kier molecular flexibility index (Phi) is 7.23. The molecule has 0 aliphatic carbocycles.